The molecule has 1 aliphatic heterocycles. The number of pyridine rings is 1. The summed E-state index contributed by atoms with van der Waals surface area (Å²) in [4.78, 5) is 20.5. The average Bonchev–Trinajstić information content (AvgIpc) is 3.41. The molecule has 7 heteroatoms. The Morgan fingerprint density at radius 1 is 1.20 bits per heavy atom. The standard InChI is InChI=1S/C23H24N4OS2/c1-2-16-8-3-4-9-17(16)25-20(28)12-14-27-22(19-11-7-15-30-19)21(26-23(27)29)18-10-5-6-13-24-18/h3-11,13,15,21-22H,2,12,14H2,1H3,(H,25,28)(H,26,29)/t21-,22+/m0/s1. The van der Waals surface area contributed by atoms with Gasteiger partial charge in [-0.3, -0.25) is 9.78 Å². The molecule has 4 rings (SSSR count). The molecule has 0 unspecified atom stereocenters. The fourth-order valence-corrected chi connectivity index (χ4v) is 5.01. The van der Waals surface area contributed by atoms with E-state index < -0.39 is 0 Å². The molecule has 0 bridgehead atoms. The number of nitrogens with one attached hydrogen (secondary N) is 2. The van der Waals surface area contributed by atoms with Crippen molar-refractivity contribution in [1.29, 1.82) is 0 Å². The average molecular weight is 437 g/mol. The van der Waals surface area contributed by atoms with Gasteiger partial charge >= 0.3 is 0 Å². The van der Waals surface area contributed by atoms with Gasteiger partial charge in [0.2, 0.25) is 5.91 Å². The van der Waals surface area contributed by atoms with Crippen molar-refractivity contribution in [3.63, 3.8) is 0 Å². The van der Waals surface area contributed by atoms with Gasteiger partial charge in [0.05, 0.1) is 17.8 Å². The van der Waals surface area contributed by atoms with Crippen molar-refractivity contribution in [2.75, 3.05) is 11.9 Å². The van der Waals surface area contributed by atoms with Crippen molar-refractivity contribution < 1.29 is 4.79 Å². The molecule has 0 aliphatic carbocycles. The molecule has 0 spiro atoms. The minimum absolute atomic E-state index is 0.00934. The SMILES string of the molecule is CCc1ccccc1NC(=O)CCN1C(=S)N[C@@H](c2ccccn2)[C@H]1c1cccs1. The zero-order valence-electron chi connectivity index (χ0n) is 16.7. The number of nitrogens with zero attached hydrogens (tertiary/aromatic N) is 2. The molecule has 1 fully saturated rings. The van der Waals surface area contributed by atoms with Crippen molar-refractivity contribution in [1.82, 2.24) is 15.2 Å². The largest absolute Gasteiger partial charge is 0.352 e. The maximum Gasteiger partial charge on any atom is 0.226 e. The Bertz CT molecular complexity index is 1010. The number of rotatable bonds is 7. The monoisotopic (exact) mass is 436 g/mol. The lowest BCUT2D eigenvalue weighted by Crippen LogP contribution is -2.32. The van der Waals surface area contributed by atoms with Gasteiger partial charge in [0.25, 0.3) is 0 Å². The van der Waals surface area contributed by atoms with Crippen LogP contribution in [0.1, 0.15) is 41.6 Å². The first-order valence-electron chi connectivity index (χ1n) is 10.1. The van der Waals surface area contributed by atoms with Crippen LogP contribution in [0.25, 0.3) is 0 Å². The van der Waals surface area contributed by atoms with Gasteiger partial charge < -0.3 is 15.5 Å². The minimum atomic E-state index is -0.0405. The van der Waals surface area contributed by atoms with E-state index in [1.807, 2.05) is 48.5 Å². The first kappa shape index (κ1) is 20.5. The zero-order chi connectivity index (χ0) is 20.9. The molecule has 1 aromatic carbocycles. The van der Waals surface area contributed by atoms with Crippen LogP contribution in [0.2, 0.25) is 0 Å². The highest BCUT2D eigenvalue weighted by Crippen LogP contribution is 2.40. The van der Waals surface area contributed by atoms with Gasteiger partial charge in [-0.15, -0.1) is 11.3 Å². The molecular weight excluding hydrogens is 412 g/mol. The van der Waals surface area contributed by atoms with Crippen LogP contribution in [0.5, 0.6) is 0 Å². The highest BCUT2D eigenvalue weighted by atomic mass is 32.1. The smallest absolute Gasteiger partial charge is 0.226 e. The molecule has 5 nitrogen and oxygen atoms in total. The molecule has 2 N–H and O–H groups in total. The predicted octanol–water partition coefficient (Wildman–Crippen LogP) is 4.71. The van der Waals surface area contributed by atoms with Crippen molar-refractivity contribution in [3.05, 3.63) is 82.3 Å². The third-order valence-corrected chi connectivity index (χ3v) is 6.58. The highest BCUT2D eigenvalue weighted by Gasteiger charge is 2.40. The Hall–Kier alpha value is -2.77. The summed E-state index contributed by atoms with van der Waals surface area (Å²) < 4.78 is 0. The van der Waals surface area contributed by atoms with E-state index in [0.29, 0.717) is 18.1 Å². The minimum Gasteiger partial charge on any atom is -0.352 e. The van der Waals surface area contributed by atoms with E-state index in [2.05, 4.69) is 38.9 Å². The number of thiocarbonyl (C=S) groups is 1. The number of amides is 1. The topological polar surface area (TPSA) is 57.3 Å². The lowest BCUT2D eigenvalue weighted by Gasteiger charge is -2.26. The van der Waals surface area contributed by atoms with Gasteiger partial charge in [-0.1, -0.05) is 37.3 Å². The number of hydrogen-bond donors (Lipinski definition) is 2. The molecule has 1 saturated heterocycles. The van der Waals surface area contributed by atoms with Crippen LogP contribution in [0.4, 0.5) is 5.69 Å². The second kappa shape index (κ2) is 9.36. The second-order valence-corrected chi connectivity index (χ2v) is 8.51. The summed E-state index contributed by atoms with van der Waals surface area (Å²) in [7, 11) is 0. The molecule has 154 valence electrons. The van der Waals surface area contributed by atoms with Crippen LogP contribution in [-0.4, -0.2) is 27.4 Å². The molecule has 0 saturated carbocycles. The number of anilines is 1. The van der Waals surface area contributed by atoms with Crippen molar-refractivity contribution in [3.8, 4) is 0 Å². The summed E-state index contributed by atoms with van der Waals surface area (Å²) in [5, 5.41) is 9.20. The molecule has 30 heavy (non-hydrogen) atoms. The van der Waals surface area contributed by atoms with E-state index in [-0.39, 0.29) is 18.0 Å². The molecule has 3 heterocycles. The number of benzene rings is 1. The quantitative estimate of drug-likeness (QED) is 0.526. The lowest BCUT2D eigenvalue weighted by molar-refractivity contribution is -0.116. The van der Waals surface area contributed by atoms with E-state index in [9.17, 15) is 4.79 Å². The first-order valence-corrected chi connectivity index (χ1v) is 11.4. The van der Waals surface area contributed by atoms with Gasteiger partial charge in [-0.25, -0.2) is 0 Å². The second-order valence-electron chi connectivity index (χ2n) is 7.14. The third-order valence-electron chi connectivity index (χ3n) is 5.28. The van der Waals surface area contributed by atoms with Gasteiger partial charge in [0.1, 0.15) is 0 Å². The summed E-state index contributed by atoms with van der Waals surface area (Å²) in [6, 6.07) is 18.0. The van der Waals surface area contributed by atoms with Crippen LogP contribution in [-0.2, 0) is 11.2 Å². The van der Waals surface area contributed by atoms with E-state index in [1.54, 1.807) is 17.5 Å². The maximum atomic E-state index is 12.7. The lowest BCUT2D eigenvalue weighted by atomic mass is 10.0. The normalized spacial score (nSPS) is 18.3. The summed E-state index contributed by atoms with van der Waals surface area (Å²) in [5.41, 5.74) is 2.96. The Balaban J connectivity index is 1.49. The molecule has 2 aromatic heterocycles. The molecule has 1 amide bonds. The Labute approximate surface area is 186 Å². The van der Waals surface area contributed by atoms with E-state index in [1.165, 1.54) is 4.88 Å². The van der Waals surface area contributed by atoms with Gasteiger partial charge in [-0.05, 0) is 53.8 Å². The third kappa shape index (κ3) is 4.37. The summed E-state index contributed by atoms with van der Waals surface area (Å²) in [6.07, 6.45) is 3.03. The van der Waals surface area contributed by atoms with Crippen molar-refractivity contribution in [2.45, 2.75) is 31.8 Å². The van der Waals surface area contributed by atoms with Crippen molar-refractivity contribution in [2.24, 2.45) is 0 Å². The summed E-state index contributed by atoms with van der Waals surface area (Å²) in [6.45, 7) is 2.63. The van der Waals surface area contributed by atoms with Gasteiger partial charge in [0, 0.05) is 29.7 Å². The fraction of sp³-hybridized carbons (Fsp3) is 0.261. The zero-order valence-corrected chi connectivity index (χ0v) is 18.4. The Morgan fingerprint density at radius 2 is 2.03 bits per heavy atom. The van der Waals surface area contributed by atoms with Crippen molar-refractivity contribution >= 4 is 40.3 Å². The van der Waals surface area contributed by atoms with E-state index in [0.717, 1.165) is 23.4 Å². The molecule has 1 aliphatic rings. The predicted molar refractivity (Wildman–Crippen MR) is 126 cm³/mol. The Morgan fingerprint density at radius 3 is 2.77 bits per heavy atom. The van der Waals surface area contributed by atoms with Gasteiger partial charge in [-0.2, -0.15) is 0 Å². The van der Waals surface area contributed by atoms with Crippen LogP contribution in [0, 0.1) is 0 Å². The maximum absolute atomic E-state index is 12.7. The number of carbonyl (C=O) groups excluding carboxylic acids is 1. The number of aryl methyl sites for hydroxylation is 1. The number of thiophene rings is 1. The van der Waals surface area contributed by atoms with Gasteiger partial charge in [0.15, 0.2) is 5.11 Å². The number of carbonyl (C=O) groups is 1. The highest BCUT2D eigenvalue weighted by molar-refractivity contribution is 7.80. The van der Waals surface area contributed by atoms with Crippen LogP contribution in [0.15, 0.2) is 66.2 Å². The summed E-state index contributed by atoms with van der Waals surface area (Å²) >= 11 is 7.35. The van der Waals surface area contributed by atoms with Crippen LogP contribution < -0.4 is 10.6 Å². The Kier molecular flexibility index (Phi) is 6.40. The van der Waals surface area contributed by atoms with Crippen LogP contribution in [0.3, 0.4) is 0 Å². The molecule has 3 aromatic rings. The first-order chi connectivity index (χ1) is 14.7. The molecule has 0 radical (unpaired) electrons. The number of aromatic nitrogens is 1. The van der Waals surface area contributed by atoms with E-state index in [4.69, 9.17) is 12.2 Å². The number of hydrogen-bond acceptors (Lipinski definition) is 4. The van der Waals surface area contributed by atoms with E-state index >= 15 is 0 Å². The summed E-state index contributed by atoms with van der Waals surface area (Å²) in [5.74, 6) is -0.00934. The fourth-order valence-electron chi connectivity index (χ4n) is 3.80. The molecule has 2 atom stereocenters. The number of para-hydroxylation sites is 1. The van der Waals surface area contributed by atoms with Crippen LogP contribution >= 0.6 is 23.6 Å². The molecular formula is C23H24N4OS2.